The molecule has 2 heterocycles. The van der Waals surface area contributed by atoms with Crippen LogP contribution < -0.4 is 0 Å². The quantitative estimate of drug-likeness (QED) is 0.859. The molecule has 0 saturated carbocycles. The van der Waals surface area contributed by atoms with Crippen molar-refractivity contribution in [3.8, 4) is 0 Å². The molecule has 1 aliphatic heterocycles. The lowest BCUT2D eigenvalue weighted by atomic mass is 10.0. The maximum absolute atomic E-state index is 10.4. The Morgan fingerprint density at radius 2 is 1.95 bits per heavy atom. The molecule has 4 heteroatoms. The number of hydrogen-bond donors (Lipinski definition) is 2. The number of thiophene rings is 1. The van der Waals surface area contributed by atoms with E-state index in [4.69, 9.17) is 5.11 Å². The van der Waals surface area contributed by atoms with E-state index in [1.54, 1.807) is 11.3 Å². The van der Waals surface area contributed by atoms with Crippen LogP contribution in [0.1, 0.15) is 41.4 Å². The second kappa shape index (κ2) is 7.38. The van der Waals surface area contributed by atoms with E-state index >= 15 is 0 Å². The minimum atomic E-state index is -0.345. The van der Waals surface area contributed by atoms with Crippen LogP contribution in [0.4, 0.5) is 0 Å². The van der Waals surface area contributed by atoms with E-state index in [2.05, 4.69) is 17.0 Å². The van der Waals surface area contributed by atoms with Crippen molar-refractivity contribution in [1.29, 1.82) is 0 Å². The van der Waals surface area contributed by atoms with Crippen LogP contribution in [0.25, 0.3) is 0 Å². The number of aliphatic hydroxyl groups is 2. The lowest BCUT2D eigenvalue weighted by Crippen LogP contribution is -2.30. The Morgan fingerprint density at radius 3 is 2.64 bits per heavy atom. The van der Waals surface area contributed by atoms with Gasteiger partial charge in [0, 0.05) is 17.5 Å². The largest absolute Gasteiger partial charge is 0.392 e. The number of aliphatic hydroxyl groups excluding tert-OH is 2. The monoisotopic (exact) mass is 317 g/mol. The normalized spacial score (nSPS) is 20.4. The Labute approximate surface area is 135 Å². The highest BCUT2D eigenvalue weighted by Crippen LogP contribution is 2.30. The zero-order valence-electron chi connectivity index (χ0n) is 12.7. The van der Waals surface area contributed by atoms with Gasteiger partial charge in [0.1, 0.15) is 0 Å². The van der Waals surface area contributed by atoms with Crippen LogP contribution in [0, 0.1) is 0 Å². The van der Waals surface area contributed by atoms with Gasteiger partial charge in [-0.05, 0) is 48.4 Å². The predicted molar refractivity (Wildman–Crippen MR) is 89.7 cm³/mol. The summed E-state index contributed by atoms with van der Waals surface area (Å²) >= 11 is 1.63. The van der Waals surface area contributed by atoms with Crippen LogP contribution in [-0.4, -0.2) is 27.7 Å². The second-order valence-corrected chi connectivity index (χ2v) is 6.99. The van der Waals surface area contributed by atoms with E-state index in [1.807, 2.05) is 29.6 Å². The van der Waals surface area contributed by atoms with Gasteiger partial charge in [0.25, 0.3) is 0 Å². The number of rotatable bonds is 6. The van der Waals surface area contributed by atoms with E-state index in [9.17, 15) is 5.11 Å². The molecule has 0 spiro atoms. The summed E-state index contributed by atoms with van der Waals surface area (Å²) in [4.78, 5) is 3.55. The van der Waals surface area contributed by atoms with E-state index < -0.39 is 0 Å². The van der Waals surface area contributed by atoms with Crippen LogP contribution in [-0.2, 0) is 13.2 Å². The molecule has 118 valence electrons. The summed E-state index contributed by atoms with van der Waals surface area (Å²) in [6.07, 6.45) is 2.84. The Hall–Kier alpha value is -1.20. The standard InChI is InChI=1S/C18H23NO2S/c20-13-15-7-5-14(6-8-15)12-19-9-1-3-16(19)11-17(21)18-4-2-10-22-18/h2,4-8,10,16-17,20-21H,1,3,9,11-13H2/t16-,17+/m1/s1. The van der Waals surface area contributed by atoms with E-state index in [0.29, 0.717) is 6.04 Å². The summed E-state index contributed by atoms with van der Waals surface area (Å²) in [5, 5.41) is 21.5. The second-order valence-electron chi connectivity index (χ2n) is 6.01. The third kappa shape index (κ3) is 3.76. The zero-order chi connectivity index (χ0) is 15.4. The van der Waals surface area contributed by atoms with Gasteiger partial charge in [-0.1, -0.05) is 30.3 Å². The van der Waals surface area contributed by atoms with E-state index in [0.717, 1.165) is 36.4 Å². The molecule has 2 atom stereocenters. The molecule has 0 bridgehead atoms. The van der Waals surface area contributed by atoms with Gasteiger partial charge in [-0.25, -0.2) is 0 Å². The van der Waals surface area contributed by atoms with Crippen LogP contribution in [0.15, 0.2) is 41.8 Å². The summed E-state index contributed by atoms with van der Waals surface area (Å²) in [5.74, 6) is 0. The van der Waals surface area contributed by atoms with Crippen molar-refractivity contribution in [2.75, 3.05) is 6.54 Å². The molecule has 22 heavy (non-hydrogen) atoms. The first kappa shape index (κ1) is 15.7. The van der Waals surface area contributed by atoms with Gasteiger partial charge >= 0.3 is 0 Å². The van der Waals surface area contributed by atoms with Crippen molar-refractivity contribution in [2.45, 2.75) is 44.6 Å². The highest BCUT2D eigenvalue weighted by Gasteiger charge is 2.27. The predicted octanol–water partition coefficient (Wildman–Crippen LogP) is 3.33. The molecular formula is C18H23NO2S. The summed E-state index contributed by atoms with van der Waals surface area (Å²) in [6, 6.07) is 12.6. The van der Waals surface area contributed by atoms with Gasteiger partial charge < -0.3 is 10.2 Å². The van der Waals surface area contributed by atoms with Crippen LogP contribution in [0.2, 0.25) is 0 Å². The summed E-state index contributed by atoms with van der Waals surface area (Å²) in [7, 11) is 0. The SMILES string of the molecule is OCc1ccc(CN2CCC[C@@H]2C[C@H](O)c2cccs2)cc1. The molecule has 0 unspecified atom stereocenters. The molecule has 3 rings (SSSR count). The average molecular weight is 317 g/mol. The van der Waals surface area contributed by atoms with Gasteiger partial charge in [-0.15, -0.1) is 11.3 Å². The zero-order valence-corrected chi connectivity index (χ0v) is 13.5. The van der Waals surface area contributed by atoms with Gasteiger partial charge in [0.05, 0.1) is 12.7 Å². The maximum Gasteiger partial charge on any atom is 0.0896 e. The molecule has 1 aromatic heterocycles. The van der Waals surface area contributed by atoms with Crippen molar-refractivity contribution in [1.82, 2.24) is 4.90 Å². The summed E-state index contributed by atoms with van der Waals surface area (Å²) in [6.45, 7) is 2.12. The Balaban J connectivity index is 1.60. The minimum Gasteiger partial charge on any atom is -0.392 e. The highest BCUT2D eigenvalue weighted by atomic mass is 32.1. The summed E-state index contributed by atoms with van der Waals surface area (Å²) < 4.78 is 0. The molecule has 2 aromatic rings. The van der Waals surface area contributed by atoms with Crippen molar-refractivity contribution >= 4 is 11.3 Å². The lowest BCUT2D eigenvalue weighted by molar-refractivity contribution is 0.120. The molecule has 0 aliphatic carbocycles. The fraction of sp³-hybridized carbons (Fsp3) is 0.444. The molecule has 1 saturated heterocycles. The topological polar surface area (TPSA) is 43.7 Å². The molecule has 1 aliphatic rings. The Kier molecular flexibility index (Phi) is 5.26. The summed E-state index contributed by atoms with van der Waals surface area (Å²) in [5.41, 5.74) is 2.23. The van der Waals surface area contributed by atoms with Gasteiger partial charge in [-0.2, -0.15) is 0 Å². The molecule has 2 N–H and O–H groups in total. The molecule has 0 amide bonds. The van der Waals surface area contributed by atoms with Crippen molar-refractivity contribution < 1.29 is 10.2 Å². The molecule has 1 fully saturated rings. The molecule has 1 aromatic carbocycles. The smallest absolute Gasteiger partial charge is 0.0896 e. The van der Waals surface area contributed by atoms with E-state index in [1.165, 1.54) is 12.0 Å². The van der Waals surface area contributed by atoms with Gasteiger partial charge in [-0.3, -0.25) is 4.90 Å². The van der Waals surface area contributed by atoms with Crippen molar-refractivity contribution in [3.05, 3.63) is 57.8 Å². The van der Waals surface area contributed by atoms with Crippen LogP contribution >= 0.6 is 11.3 Å². The maximum atomic E-state index is 10.4. The first-order valence-corrected chi connectivity index (χ1v) is 8.78. The third-order valence-electron chi connectivity index (χ3n) is 4.46. The number of benzene rings is 1. The highest BCUT2D eigenvalue weighted by molar-refractivity contribution is 7.10. The number of likely N-dealkylation sites (tertiary alicyclic amines) is 1. The lowest BCUT2D eigenvalue weighted by Gasteiger charge is -2.26. The van der Waals surface area contributed by atoms with Crippen LogP contribution in [0.5, 0.6) is 0 Å². The number of hydrogen-bond acceptors (Lipinski definition) is 4. The van der Waals surface area contributed by atoms with Crippen LogP contribution in [0.3, 0.4) is 0 Å². The van der Waals surface area contributed by atoms with Gasteiger partial charge in [0.2, 0.25) is 0 Å². The first-order valence-electron chi connectivity index (χ1n) is 7.90. The molecular weight excluding hydrogens is 294 g/mol. The molecule has 3 nitrogen and oxygen atoms in total. The Bertz CT molecular complexity index is 567. The number of nitrogens with zero attached hydrogens (tertiary/aromatic N) is 1. The van der Waals surface area contributed by atoms with Crippen molar-refractivity contribution in [2.24, 2.45) is 0 Å². The fourth-order valence-corrected chi connectivity index (χ4v) is 3.93. The van der Waals surface area contributed by atoms with E-state index in [-0.39, 0.29) is 12.7 Å². The van der Waals surface area contributed by atoms with Crippen molar-refractivity contribution in [3.63, 3.8) is 0 Å². The fourth-order valence-electron chi connectivity index (χ4n) is 3.21. The third-order valence-corrected chi connectivity index (χ3v) is 5.43. The first-order chi connectivity index (χ1) is 10.8. The minimum absolute atomic E-state index is 0.0969. The van der Waals surface area contributed by atoms with Gasteiger partial charge in [0.15, 0.2) is 0 Å². The molecule has 0 radical (unpaired) electrons. The Morgan fingerprint density at radius 1 is 1.18 bits per heavy atom. The average Bonchev–Trinajstić information content (AvgIpc) is 3.20.